The standard InChI is InChI=1S/C11H18N4O/c1-3-9-7(2)10(15-12)14-11(13-9)8-4-5-16-6-8/h8H,3-6,12H2,1-2H3,(H,13,14,15). The van der Waals surface area contributed by atoms with Crippen LogP contribution in [0.3, 0.4) is 0 Å². The molecule has 1 saturated heterocycles. The Kier molecular flexibility index (Phi) is 3.36. The third-order valence-electron chi connectivity index (χ3n) is 3.03. The lowest BCUT2D eigenvalue weighted by atomic mass is 10.1. The highest BCUT2D eigenvalue weighted by molar-refractivity contribution is 5.45. The zero-order valence-electron chi connectivity index (χ0n) is 9.79. The molecule has 88 valence electrons. The number of anilines is 1. The molecule has 0 bridgehead atoms. The summed E-state index contributed by atoms with van der Waals surface area (Å²) < 4.78 is 5.36. The lowest BCUT2D eigenvalue weighted by Crippen LogP contribution is -2.16. The number of hydrogen-bond acceptors (Lipinski definition) is 5. The van der Waals surface area contributed by atoms with Gasteiger partial charge < -0.3 is 10.2 Å². The van der Waals surface area contributed by atoms with Crippen molar-refractivity contribution >= 4 is 5.82 Å². The van der Waals surface area contributed by atoms with Crippen molar-refractivity contribution < 1.29 is 4.74 Å². The molecule has 2 heterocycles. The van der Waals surface area contributed by atoms with Gasteiger partial charge in [0.05, 0.1) is 6.61 Å². The maximum atomic E-state index is 5.47. The summed E-state index contributed by atoms with van der Waals surface area (Å²) in [4.78, 5) is 9.05. The molecule has 5 nitrogen and oxygen atoms in total. The quantitative estimate of drug-likeness (QED) is 0.592. The number of nitrogens with one attached hydrogen (secondary N) is 1. The van der Waals surface area contributed by atoms with Crippen molar-refractivity contribution in [3.8, 4) is 0 Å². The molecule has 16 heavy (non-hydrogen) atoms. The molecule has 0 aliphatic carbocycles. The Hall–Kier alpha value is -1.20. The van der Waals surface area contributed by atoms with Crippen LogP contribution in [-0.4, -0.2) is 23.2 Å². The first-order valence-corrected chi connectivity index (χ1v) is 5.68. The molecule has 3 N–H and O–H groups in total. The van der Waals surface area contributed by atoms with Crippen LogP contribution in [0.25, 0.3) is 0 Å². The van der Waals surface area contributed by atoms with Gasteiger partial charge in [0.2, 0.25) is 0 Å². The first kappa shape index (κ1) is 11.3. The molecule has 0 spiro atoms. The molecule has 5 heteroatoms. The predicted octanol–water partition coefficient (Wildman–Crippen LogP) is 1.14. The van der Waals surface area contributed by atoms with E-state index in [0.29, 0.717) is 5.92 Å². The molecule has 0 aromatic carbocycles. The number of aryl methyl sites for hydroxylation is 1. The zero-order chi connectivity index (χ0) is 11.5. The van der Waals surface area contributed by atoms with E-state index in [1.807, 2.05) is 6.92 Å². The minimum atomic E-state index is 0.318. The summed E-state index contributed by atoms with van der Waals surface area (Å²) in [5.74, 6) is 7.37. The van der Waals surface area contributed by atoms with Crippen LogP contribution in [0, 0.1) is 6.92 Å². The summed E-state index contributed by atoms with van der Waals surface area (Å²) in [5, 5.41) is 0. The van der Waals surface area contributed by atoms with Crippen LogP contribution in [0.15, 0.2) is 0 Å². The topological polar surface area (TPSA) is 73.1 Å². The highest BCUT2D eigenvalue weighted by atomic mass is 16.5. The van der Waals surface area contributed by atoms with Gasteiger partial charge in [-0.05, 0) is 19.8 Å². The van der Waals surface area contributed by atoms with Gasteiger partial charge in [0, 0.05) is 23.8 Å². The SMILES string of the molecule is CCc1nc(C2CCOC2)nc(NN)c1C. The summed E-state index contributed by atoms with van der Waals surface area (Å²) in [6.07, 6.45) is 1.89. The first-order valence-electron chi connectivity index (χ1n) is 5.68. The average Bonchev–Trinajstić information content (AvgIpc) is 2.83. The lowest BCUT2D eigenvalue weighted by molar-refractivity contribution is 0.193. The normalized spacial score (nSPS) is 20.1. The van der Waals surface area contributed by atoms with Gasteiger partial charge in [0.1, 0.15) is 11.6 Å². The molecule has 2 rings (SSSR count). The van der Waals surface area contributed by atoms with Crippen LogP contribution in [0.5, 0.6) is 0 Å². The molecule has 1 aliphatic heterocycles. The molecule has 0 radical (unpaired) electrons. The van der Waals surface area contributed by atoms with E-state index in [4.69, 9.17) is 10.6 Å². The second-order valence-electron chi connectivity index (χ2n) is 4.06. The van der Waals surface area contributed by atoms with Gasteiger partial charge in [-0.3, -0.25) is 0 Å². The first-order chi connectivity index (χ1) is 7.76. The van der Waals surface area contributed by atoms with E-state index in [0.717, 1.165) is 49.0 Å². The zero-order valence-corrected chi connectivity index (χ0v) is 9.79. The van der Waals surface area contributed by atoms with E-state index < -0.39 is 0 Å². The van der Waals surface area contributed by atoms with Crippen LogP contribution in [0.4, 0.5) is 5.82 Å². The van der Waals surface area contributed by atoms with Crippen LogP contribution in [0.1, 0.15) is 36.3 Å². The number of rotatable bonds is 3. The maximum Gasteiger partial charge on any atom is 0.146 e. The third kappa shape index (κ3) is 2.01. The Balaban J connectivity index is 2.37. The highest BCUT2D eigenvalue weighted by Crippen LogP contribution is 2.25. The molecular weight excluding hydrogens is 204 g/mol. The minimum Gasteiger partial charge on any atom is -0.381 e. The Labute approximate surface area is 95.4 Å². The minimum absolute atomic E-state index is 0.318. The third-order valence-corrected chi connectivity index (χ3v) is 3.03. The van der Waals surface area contributed by atoms with Crippen molar-refractivity contribution in [2.45, 2.75) is 32.6 Å². The highest BCUT2D eigenvalue weighted by Gasteiger charge is 2.22. The molecule has 1 fully saturated rings. The summed E-state index contributed by atoms with van der Waals surface area (Å²) in [7, 11) is 0. The molecular formula is C11H18N4O. The van der Waals surface area contributed by atoms with Crippen molar-refractivity contribution in [3.63, 3.8) is 0 Å². The molecule has 1 aromatic rings. The molecule has 0 saturated carbocycles. The van der Waals surface area contributed by atoms with E-state index in [1.54, 1.807) is 0 Å². The van der Waals surface area contributed by atoms with Gasteiger partial charge in [-0.2, -0.15) is 0 Å². The van der Waals surface area contributed by atoms with Crippen molar-refractivity contribution in [1.29, 1.82) is 0 Å². The van der Waals surface area contributed by atoms with E-state index in [-0.39, 0.29) is 0 Å². The summed E-state index contributed by atoms with van der Waals surface area (Å²) in [6, 6.07) is 0. The van der Waals surface area contributed by atoms with E-state index >= 15 is 0 Å². The second kappa shape index (κ2) is 4.76. The number of hydrazine groups is 1. The fourth-order valence-electron chi connectivity index (χ4n) is 1.99. The van der Waals surface area contributed by atoms with Gasteiger partial charge in [-0.25, -0.2) is 15.8 Å². The fraction of sp³-hybridized carbons (Fsp3) is 0.636. The summed E-state index contributed by atoms with van der Waals surface area (Å²) in [5.41, 5.74) is 4.74. The Morgan fingerprint density at radius 2 is 2.31 bits per heavy atom. The molecule has 1 atom stereocenters. The monoisotopic (exact) mass is 222 g/mol. The van der Waals surface area contributed by atoms with Crippen molar-refractivity contribution in [1.82, 2.24) is 9.97 Å². The smallest absolute Gasteiger partial charge is 0.146 e. The largest absolute Gasteiger partial charge is 0.381 e. The lowest BCUT2D eigenvalue weighted by Gasteiger charge is -2.13. The number of hydrogen-bond donors (Lipinski definition) is 2. The fourth-order valence-corrected chi connectivity index (χ4v) is 1.99. The van der Waals surface area contributed by atoms with Gasteiger partial charge in [-0.1, -0.05) is 6.92 Å². The Morgan fingerprint density at radius 3 is 2.88 bits per heavy atom. The average molecular weight is 222 g/mol. The number of nitrogen functional groups attached to an aromatic ring is 1. The van der Waals surface area contributed by atoms with E-state index in [1.165, 1.54) is 0 Å². The number of nitrogens with two attached hydrogens (primary N) is 1. The van der Waals surface area contributed by atoms with Crippen LogP contribution < -0.4 is 11.3 Å². The van der Waals surface area contributed by atoms with Gasteiger partial charge in [0.25, 0.3) is 0 Å². The molecule has 1 aromatic heterocycles. The Morgan fingerprint density at radius 1 is 1.50 bits per heavy atom. The molecule has 1 aliphatic rings. The van der Waals surface area contributed by atoms with E-state index in [2.05, 4.69) is 22.3 Å². The van der Waals surface area contributed by atoms with Crippen molar-refractivity contribution in [2.75, 3.05) is 18.6 Å². The molecule has 1 unspecified atom stereocenters. The maximum absolute atomic E-state index is 5.47. The summed E-state index contributed by atoms with van der Waals surface area (Å²) in [6.45, 7) is 5.60. The number of nitrogens with zero attached hydrogens (tertiary/aromatic N) is 2. The van der Waals surface area contributed by atoms with E-state index in [9.17, 15) is 0 Å². The second-order valence-corrected chi connectivity index (χ2v) is 4.06. The number of ether oxygens (including phenoxy) is 1. The predicted molar refractivity (Wildman–Crippen MR) is 62.1 cm³/mol. The summed E-state index contributed by atoms with van der Waals surface area (Å²) >= 11 is 0. The van der Waals surface area contributed by atoms with Gasteiger partial charge in [-0.15, -0.1) is 0 Å². The number of aromatic nitrogens is 2. The van der Waals surface area contributed by atoms with Crippen molar-refractivity contribution in [3.05, 3.63) is 17.1 Å². The van der Waals surface area contributed by atoms with Gasteiger partial charge in [0.15, 0.2) is 0 Å². The Bertz CT molecular complexity index is 349. The van der Waals surface area contributed by atoms with Crippen LogP contribution in [0.2, 0.25) is 0 Å². The van der Waals surface area contributed by atoms with Gasteiger partial charge >= 0.3 is 0 Å². The molecule has 0 amide bonds. The van der Waals surface area contributed by atoms with Crippen molar-refractivity contribution in [2.24, 2.45) is 5.84 Å². The van der Waals surface area contributed by atoms with Crippen LogP contribution >= 0.6 is 0 Å². The van der Waals surface area contributed by atoms with Crippen LogP contribution in [-0.2, 0) is 11.2 Å².